The molecule has 1 rings (SSSR count). The smallest absolute Gasteiger partial charge is 0.270 e. The fourth-order valence-corrected chi connectivity index (χ4v) is 1.57. The van der Waals surface area contributed by atoms with Crippen LogP contribution in [-0.4, -0.2) is 8.42 Å². The van der Waals surface area contributed by atoms with Crippen molar-refractivity contribution in [1.29, 1.82) is 0 Å². The minimum absolute atomic E-state index is 0.296. The van der Waals surface area contributed by atoms with Crippen molar-refractivity contribution < 1.29 is 8.42 Å². The number of hydrogen-bond acceptors (Lipinski definition) is 2. The number of anilines is 1. The molecule has 1 aromatic carbocycles. The van der Waals surface area contributed by atoms with E-state index in [1.54, 1.807) is 18.2 Å². The number of rotatable bonds is 2. The van der Waals surface area contributed by atoms with Gasteiger partial charge in [0.2, 0.25) is 0 Å². The minimum atomic E-state index is -3.75. The van der Waals surface area contributed by atoms with Crippen LogP contribution in [-0.2, 0) is 10.2 Å². The van der Waals surface area contributed by atoms with Crippen molar-refractivity contribution in [2.75, 3.05) is 4.72 Å². The summed E-state index contributed by atoms with van der Waals surface area (Å²) in [5.41, 5.74) is 1.19. The topological polar surface area (TPSA) is 72.2 Å². The number of nitrogens with two attached hydrogens (primary N) is 1. The van der Waals surface area contributed by atoms with Crippen LogP contribution in [0.25, 0.3) is 0 Å². The van der Waals surface area contributed by atoms with Crippen LogP contribution in [0.4, 0.5) is 5.69 Å². The average Bonchev–Trinajstić information content (AvgIpc) is 1.94. The summed E-state index contributed by atoms with van der Waals surface area (Å²) < 4.78 is 23.5. The largest absolute Gasteiger partial charge is 0.296 e. The van der Waals surface area contributed by atoms with Crippen LogP contribution in [0, 0.1) is 6.92 Å². The first-order valence-corrected chi connectivity index (χ1v) is 5.37. The second-order valence-electron chi connectivity index (χ2n) is 2.63. The molecule has 4 nitrogen and oxygen atoms in total. The number of hydrogen-bond donors (Lipinski definition) is 2. The Hall–Kier alpha value is -0.780. The van der Waals surface area contributed by atoms with Gasteiger partial charge in [-0.25, -0.2) is 5.14 Å². The Morgan fingerprint density at radius 2 is 2.08 bits per heavy atom. The van der Waals surface area contributed by atoms with E-state index < -0.39 is 10.2 Å². The van der Waals surface area contributed by atoms with E-state index in [1.807, 2.05) is 6.92 Å². The van der Waals surface area contributed by atoms with Crippen LogP contribution >= 0.6 is 11.6 Å². The van der Waals surface area contributed by atoms with E-state index in [2.05, 4.69) is 4.72 Å². The van der Waals surface area contributed by atoms with E-state index in [-0.39, 0.29) is 0 Å². The molecule has 0 fully saturated rings. The summed E-state index contributed by atoms with van der Waals surface area (Å²) in [6, 6.07) is 4.98. The first-order chi connectivity index (χ1) is 5.88. The van der Waals surface area contributed by atoms with Crippen molar-refractivity contribution in [3.63, 3.8) is 0 Å². The van der Waals surface area contributed by atoms with Crippen molar-refractivity contribution in [1.82, 2.24) is 0 Å². The molecule has 0 saturated heterocycles. The summed E-state index contributed by atoms with van der Waals surface area (Å²) in [5.74, 6) is 0. The van der Waals surface area contributed by atoms with Gasteiger partial charge in [-0.3, -0.25) is 4.72 Å². The van der Waals surface area contributed by atoms with Crippen LogP contribution in [0.1, 0.15) is 5.56 Å². The number of benzene rings is 1. The maximum absolute atomic E-state index is 10.7. The second-order valence-corrected chi connectivity index (χ2v) is 4.33. The Bertz CT molecular complexity index is 417. The van der Waals surface area contributed by atoms with Crippen LogP contribution in [0.2, 0.25) is 5.02 Å². The summed E-state index contributed by atoms with van der Waals surface area (Å²) in [7, 11) is -3.75. The lowest BCUT2D eigenvalue weighted by Gasteiger charge is -2.06. The molecule has 0 bridgehead atoms. The number of halogens is 1. The zero-order valence-corrected chi connectivity index (χ0v) is 8.48. The molecule has 3 N–H and O–H groups in total. The predicted molar refractivity (Wildman–Crippen MR) is 52.9 cm³/mol. The quantitative estimate of drug-likeness (QED) is 0.788. The molecule has 0 saturated carbocycles. The molecule has 0 aliphatic carbocycles. The van der Waals surface area contributed by atoms with Crippen molar-refractivity contribution >= 4 is 27.5 Å². The Balaban J connectivity index is 3.08. The fraction of sp³-hybridized carbons (Fsp3) is 0.143. The highest BCUT2D eigenvalue weighted by molar-refractivity contribution is 7.90. The zero-order valence-electron chi connectivity index (χ0n) is 6.91. The highest BCUT2D eigenvalue weighted by Gasteiger charge is 2.05. The molecule has 72 valence electrons. The maximum Gasteiger partial charge on any atom is 0.296 e. The Morgan fingerprint density at radius 1 is 1.46 bits per heavy atom. The van der Waals surface area contributed by atoms with E-state index in [0.717, 1.165) is 5.56 Å². The van der Waals surface area contributed by atoms with Crippen LogP contribution in [0.15, 0.2) is 18.2 Å². The molecule has 1 aromatic rings. The van der Waals surface area contributed by atoms with Crippen LogP contribution < -0.4 is 9.86 Å². The van der Waals surface area contributed by atoms with Gasteiger partial charge < -0.3 is 0 Å². The SMILES string of the molecule is Cc1ccc(Cl)c(NS(N)(=O)=O)c1. The molecule has 0 atom stereocenters. The third-order valence-electron chi connectivity index (χ3n) is 1.37. The first kappa shape index (κ1) is 10.3. The standard InChI is InChI=1S/C7H9ClN2O2S/c1-5-2-3-6(8)7(4-5)10-13(9,11)12/h2-4,10H,1H3,(H2,9,11,12). The Kier molecular flexibility index (Phi) is 2.80. The molecule has 0 amide bonds. The number of aryl methyl sites for hydroxylation is 1. The van der Waals surface area contributed by atoms with Crippen molar-refractivity contribution in [3.8, 4) is 0 Å². The molecular formula is C7H9ClN2O2S. The summed E-state index contributed by atoms with van der Waals surface area (Å²) >= 11 is 5.72. The number of nitrogens with one attached hydrogen (secondary N) is 1. The summed E-state index contributed by atoms with van der Waals surface area (Å²) in [4.78, 5) is 0. The molecule has 0 radical (unpaired) electrons. The average molecular weight is 221 g/mol. The lowest BCUT2D eigenvalue weighted by molar-refractivity contribution is 0.603. The molecule has 0 aliphatic heterocycles. The molecule has 13 heavy (non-hydrogen) atoms. The van der Waals surface area contributed by atoms with E-state index in [9.17, 15) is 8.42 Å². The molecule has 6 heteroatoms. The molecule has 0 spiro atoms. The van der Waals surface area contributed by atoms with E-state index >= 15 is 0 Å². The van der Waals surface area contributed by atoms with Gasteiger partial charge in [0.1, 0.15) is 0 Å². The highest BCUT2D eigenvalue weighted by atomic mass is 35.5. The van der Waals surface area contributed by atoms with Gasteiger partial charge in [0.15, 0.2) is 0 Å². The Labute approximate surface area is 81.9 Å². The minimum Gasteiger partial charge on any atom is -0.270 e. The van der Waals surface area contributed by atoms with Crippen molar-refractivity contribution in [2.24, 2.45) is 5.14 Å². The van der Waals surface area contributed by atoms with Gasteiger partial charge in [0.05, 0.1) is 10.7 Å². The molecule has 0 aliphatic rings. The molecule has 0 heterocycles. The molecule has 0 unspecified atom stereocenters. The van der Waals surface area contributed by atoms with Gasteiger partial charge in [-0.1, -0.05) is 17.7 Å². The monoisotopic (exact) mass is 220 g/mol. The first-order valence-electron chi connectivity index (χ1n) is 3.45. The van der Waals surface area contributed by atoms with Crippen LogP contribution in [0.3, 0.4) is 0 Å². The van der Waals surface area contributed by atoms with Gasteiger partial charge in [-0.2, -0.15) is 8.42 Å². The fourth-order valence-electron chi connectivity index (χ4n) is 0.871. The van der Waals surface area contributed by atoms with E-state index in [4.69, 9.17) is 16.7 Å². The summed E-state index contributed by atoms with van der Waals surface area (Å²) in [5, 5.41) is 5.11. The third kappa shape index (κ3) is 3.22. The van der Waals surface area contributed by atoms with Gasteiger partial charge in [-0.05, 0) is 24.6 Å². The lowest BCUT2D eigenvalue weighted by atomic mass is 10.2. The maximum atomic E-state index is 10.7. The Morgan fingerprint density at radius 3 is 2.62 bits per heavy atom. The normalized spacial score (nSPS) is 11.3. The van der Waals surface area contributed by atoms with Gasteiger partial charge >= 0.3 is 0 Å². The van der Waals surface area contributed by atoms with Gasteiger partial charge in [0.25, 0.3) is 10.2 Å². The van der Waals surface area contributed by atoms with E-state index in [0.29, 0.717) is 10.7 Å². The van der Waals surface area contributed by atoms with Gasteiger partial charge in [-0.15, -0.1) is 0 Å². The second kappa shape index (κ2) is 3.53. The van der Waals surface area contributed by atoms with Crippen molar-refractivity contribution in [2.45, 2.75) is 6.92 Å². The summed E-state index contributed by atoms with van der Waals surface area (Å²) in [6.45, 7) is 1.82. The lowest BCUT2D eigenvalue weighted by Crippen LogP contribution is -2.21. The van der Waals surface area contributed by atoms with Crippen molar-refractivity contribution in [3.05, 3.63) is 28.8 Å². The highest BCUT2D eigenvalue weighted by Crippen LogP contribution is 2.22. The molecule has 0 aromatic heterocycles. The van der Waals surface area contributed by atoms with Gasteiger partial charge in [0, 0.05) is 0 Å². The van der Waals surface area contributed by atoms with Crippen LogP contribution in [0.5, 0.6) is 0 Å². The van der Waals surface area contributed by atoms with E-state index in [1.165, 1.54) is 0 Å². The zero-order chi connectivity index (χ0) is 10.1. The molecular weight excluding hydrogens is 212 g/mol. The summed E-state index contributed by atoms with van der Waals surface area (Å²) in [6.07, 6.45) is 0. The predicted octanol–water partition coefficient (Wildman–Crippen LogP) is 1.26. The third-order valence-corrected chi connectivity index (χ3v) is 2.21.